The molecule has 0 fully saturated rings. The Kier molecular flexibility index (Phi) is 5.56. The molecule has 0 amide bonds. The molecule has 1 aromatic carbocycles. The number of aliphatic hydroxyl groups is 1. The third-order valence-electron chi connectivity index (χ3n) is 3.03. The van der Waals surface area contributed by atoms with Gasteiger partial charge in [0.2, 0.25) is 0 Å². The van der Waals surface area contributed by atoms with Gasteiger partial charge in [0.05, 0.1) is 12.7 Å². The van der Waals surface area contributed by atoms with Crippen LogP contribution in [0.15, 0.2) is 18.2 Å². The van der Waals surface area contributed by atoms with Crippen LogP contribution >= 0.6 is 0 Å². The van der Waals surface area contributed by atoms with E-state index in [1.54, 1.807) is 20.1 Å². The molecule has 0 bridgehead atoms. The maximum Gasteiger partial charge on any atom is 0.123 e. The summed E-state index contributed by atoms with van der Waals surface area (Å²) in [6.45, 7) is 7.08. The Morgan fingerprint density at radius 1 is 1.39 bits per heavy atom. The van der Waals surface area contributed by atoms with Crippen molar-refractivity contribution >= 4 is 5.69 Å². The summed E-state index contributed by atoms with van der Waals surface area (Å²) in [4.78, 5) is 2.10. The summed E-state index contributed by atoms with van der Waals surface area (Å²) in [6.07, 6.45) is -0.695. The molecule has 0 saturated carbocycles. The molecular formula is C14H22FNO2. The number of anilines is 1. The van der Waals surface area contributed by atoms with Crippen LogP contribution in [0.3, 0.4) is 0 Å². The van der Waals surface area contributed by atoms with E-state index in [0.29, 0.717) is 12.2 Å². The van der Waals surface area contributed by atoms with Gasteiger partial charge in [0.15, 0.2) is 0 Å². The zero-order valence-electron chi connectivity index (χ0n) is 11.5. The summed E-state index contributed by atoms with van der Waals surface area (Å²) in [5.41, 5.74) is 1.47. The van der Waals surface area contributed by atoms with E-state index in [1.165, 1.54) is 12.1 Å². The van der Waals surface area contributed by atoms with Gasteiger partial charge in [-0.1, -0.05) is 0 Å². The van der Waals surface area contributed by atoms with Crippen LogP contribution in [-0.4, -0.2) is 31.4 Å². The molecule has 0 aliphatic rings. The van der Waals surface area contributed by atoms with E-state index in [-0.39, 0.29) is 11.9 Å². The third kappa shape index (κ3) is 3.43. The van der Waals surface area contributed by atoms with Crippen molar-refractivity contribution in [3.63, 3.8) is 0 Å². The topological polar surface area (TPSA) is 32.7 Å². The van der Waals surface area contributed by atoms with E-state index in [9.17, 15) is 9.50 Å². The van der Waals surface area contributed by atoms with Crippen LogP contribution in [0.4, 0.5) is 10.1 Å². The molecule has 0 aromatic heterocycles. The number of rotatable bonds is 6. The van der Waals surface area contributed by atoms with Crippen molar-refractivity contribution in [2.75, 3.05) is 25.2 Å². The minimum absolute atomic E-state index is 0.169. The number of hydrogen-bond donors (Lipinski definition) is 1. The van der Waals surface area contributed by atoms with Crippen molar-refractivity contribution in [1.82, 2.24) is 0 Å². The minimum atomic E-state index is -0.695. The van der Waals surface area contributed by atoms with E-state index < -0.39 is 6.10 Å². The molecule has 3 nitrogen and oxygen atoms in total. The molecule has 0 spiro atoms. The highest BCUT2D eigenvalue weighted by Gasteiger charge is 2.18. The van der Waals surface area contributed by atoms with Gasteiger partial charge in [-0.15, -0.1) is 0 Å². The molecule has 1 rings (SSSR count). The Morgan fingerprint density at radius 3 is 2.56 bits per heavy atom. The summed E-state index contributed by atoms with van der Waals surface area (Å²) in [7, 11) is 1.66. The largest absolute Gasteiger partial charge is 0.389 e. The van der Waals surface area contributed by atoms with E-state index >= 15 is 0 Å². The molecule has 4 heteroatoms. The third-order valence-corrected chi connectivity index (χ3v) is 3.03. The van der Waals surface area contributed by atoms with Crippen LogP contribution in [0.2, 0.25) is 0 Å². The van der Waals surface area contributed by atoms with Crippen LogP contribution in [-0.2, 0) is 4.74 Å². The Hall–Kier alpha value is -1.13. The lowest BCUT2D eigenvalue weighted by atomic mass is 10.1. The molecule has 2 unspecified atom stereocenters. The molecule has 2 atom stereocenters. The predicted octanol–water partition coefficient (Wildman–Crippen LogP) is 2.74. The highest BCUT2D eigenvalue weighted by molar-refractivity contribution is 5.55. The SMILES string of the molecule is CCN(c1ccc(F)cc1C(C)O)C(C)COC. The summed E-state index contributed by atoms with van der Waals surface area (Å²) >= 11 is 0. The van der Waals surface area contributed by atoms with E-state index in [4.69, 9.17) is 4.74 Å². The standard InChI is InChI=1S/C14H22FNO2/c1-5-16(10(2)9-18-4)14-7-6-12(15)8-13(14)11(3)17/h6-8,10-11,17H,5,9H2,1-4H3. The number of hydrogen-bond acceptors (Lipinski definition) is 3. The van der Waals surface area contributed by atoms with Gasteiger partial charge < -0.3 is 14.7 Å². The fourth-order valence-corrected chi connectivity index (χ4v) is 2.17. The van der Waals surface area contributed by atoms with Gasteiger partial charge >= 0.3 is 0 Å². The zero-order valence-corrected chi connectivity index (χ0v) is 11.5. The molecule has 0 aliphatic heterocycles. The lowest BCUT2D eigenvalue weighted by Gasteiger charge is -2.32. The first-order valence-electron chi connectivity index (χ1n) is 6.24. The maximum absolute atomic E-state index is 13.3. The van der Waals surface area contributed by atoms with Crippen molar-refractivity contribution in [1.29, 1.82) is 0 Å². The van der Waals surface area contributed by atoms with Gasteiger partial charge in [0.25, 0.3) is 0 Å². The molecule has 0 radical (unpaired) electrons. The van der Waals surface area contributed by atoms with E-state index in [1.807, 2.05) is 13.8 Å². The average molecular weight is 255 g/mol. The number of benzene rings is 1. The van der Waals surface area contributed by atoms with Gasteiger partial charge in [0, 0.05) is 30.9 Å². The molecule has 0 saturated heterocycles. The molecule has 1 N–H and O–H groups in total. The predicted molar refractivity (Wildman–Crippen MR) is 71.4 cm³/mol. The lowest BCUT2D eigenvalue weighted by molar-refractivity contribution is 0.180. The number of nitrogens with zero attached hydrogens (tertiary/aromatic N) is 1. The van der Waals surface area contributed by atoms with Crippen molar-refractivity contribution in [2.24, 2.45) is 0 Å². The fraction of sp³-hybridized carbons (Fsp3) is 0.571. The lowest BCUT2D eigenvalue weighted by Crippen LogP contribution is -2.36. The monoisotopic (exact) mass is 255 g/mol. The molecular weight excluding hydrogens is 233 g/mol. The van der Waals surface area contributed by atoms with Gasteiger partial charge in [-0.3, -0.25) is 0 Å². The Labute approximate surface area is 108 Å². The van der Waals surface area contributed by atoms with Crippen LogP contribution < -0.4 is 4.90 Å². The van der Waals surface area contributed by atoms with Crippen LogP contribution in [0.25, 0.3) is 0 Å². The van der Waals surface area contributed by atoms with E-state index in [0.717, 1.165) is 12.2 Å². The second-order valence-corrected chi connectivity index (χ2v) is 4.47. The molecule has 0 heterocycles. The summed E-state index contributed by atoms with van der Waals surface area (Å²) in [5.74, 6) is -0.329. The van der Waals surface area contributed by atoms with Crippen LogP contribution in [0.1, 0.15) is 32.4 Å². The second kappa shape index (κ2) is 6.71. The first kappa shape index (κ1) is 14.9. The molecule has 0 aliphatic carbocycles. The minimum Gasteiger partial charge on any atom is -0.389 e. The smallest absolute Gasteiger partial charge is 0.123 e. The van der Waals surface area contributed by atoms with Crippen molar-refractivity contribution in [2.45, 2.75) is 32.9 Å². The molecule has 1 aromatic rings. The first-order chi connectivity index (χ1) is 8.51. The fourth-order valence-electron chi connectivity index (χ4n) is 2.17. The number of ether oxygens (including phenoxy) is 1. The van der Waals surface area contributed by atoms with Crippen molar-refractivity contribution in [3.05, 3.63) is 29.6 Å². The van der Waals surface area contributed by atoms with Gasteiger partial charge in [0.1, 0.15) is 5.82 Å². The summed E-state index contributed by atoms with van der Waals surface area (Å²) in [5, 5.41) is 9.76. The number of methoxy groups -OCH3 is 1. The number of aliphatic hydroxyl groups excluding tert-OH is 1. The summed E-state index contributed by atoms with van der Waals surface area (Å²) < 4.78 is 18.4. The summed E-state index contributed by atoms with van der Waals surface area (Å²) in [6, 6.07) is 4.70. The number of likely N-dealkylation sites (N-methyl/N-ethyl adjacent to an activating group) is 1. The number of halogens is 1. The van der Waals surface area contributed by atoms with Gasteiger partial charge in [-0.25, -0.2) is 4.39 Å². The highest BCUT2D eigenvalue weighted by atomic mass is 19.1. The zero-order chi connectivity index (χ0) is 13.7. The average Bonchev–Trinajstić information content (AvgIpc) is 2.32. The van der Waals surface area contributed by atoms with Crippen molar-refractivity contribution in [3.8, 4) is 0 Å². The van der Waals surface area contributed by atoms with Gasteiger partial charge in [-0.2, -0.15) is 0 Å². The first-order valence-corrected chi connectivity index (χ1v) is 6.24. The molecule has 18 heavy (non-hydrogen) atoms. The second-order valence-electron chi connectivity index (χ2n) is 4.47. The van der Waals surface area contributed by atoms with Crippen LogP contribution in [0.5, 0.6) is 0 Å². The maximum atomic E-state index is 13.3. The Morgan fingerprint density at radius 2 is 2.06 bits per heavy atom. The normalized spacial score (nSPS) is 14.3. The highest BCUT2D eigenvalue weighted by Crippen LogP contribution is 2.28. The Balaban J connectivity index is 3.12. The van der Waals surface area contributed by atoms with Crippen molar-refractivity contribution < 1.29 is 14.2 Å². The van der Waals surface area contributed by atoms with E-state index in [2.05, 4.69) is 4.90 Å². The Bertz CT molecular complexity index is 382. The van der Waals surface area contributed by atoms with Gasteiger partial charge in [-0.05, 0) is 39.0 Å². The quantitative estimate of drug-likeness (QED) is 0.848. The molecule has 102 valence electrons. The van der Waals surface area contributed by atoms with Crippen LogP contribution in [0, 0.1) is 5.82 Å².